The van der Waals surface area contributed by atoms with E-state index in [4.69, 9.17) is 47.1 Å². The van der Waals surface area contributed by atoms with E-state index >= 15 is 0 Å². The molecule has 0 saturated heterocycles. The molecule has 0 fully saturated rings. The van der Waals surface area contributed by atoms with E-state index in [0.29, 0.717) is 13.1 Å². The van der Waals surface area contributed by atoms with Gasteiger partial charge in [-0.2, -0.15) is 0 Å². The van der Waals surface area contributed by atoms with Crippen LogP contribution in [0.4, 0.5) is 0 Å². The Kier molecular flexibility index (Phi) is 6.53. The van der Waals surface area contributed by atoms with Crippen LogP contribution in [0.25, 0.3) is 0 Å². The van der Waals surface area contributed by atoms with Crippen molar-refractivity contribution in [2.45, 2.75) is 6.42 Å². The van der Waals surface area contributed by atoms with Crippen LogP contribution in [0.5, 0.6) is 0 Å². The van der Waals surface area contributed by atoms with E-state index in [1.807, 2.05) is 0 Å². The fourth-order valence-electron chi connectivity index (χ4n) is 0.310. The van der Waals surface area contributed by atoms with E-state index in [1.165, 1.54) is 0 Å². The van der Waals surface area contributed by atoms with Crippen LogP contribution in [0.2, 0.25) is 0 Å². The van der Waals surface area contributed by atoms with E-state index in [9.17, 15) is 0 Å². The molecule has 0 atom stereocenters. The van der Waals surface area contributed by atoms with Crippen molar-refractivity contribution in [3.63, 3.8) is 0 Å². The second-order valence-corrected chi connectivity index (χ2v) is 3.39. The Morgan fingerprint density at radius 3 is 1.33 bits per heavy atom. The van der Waals surface area contributed by atoms with Crippen LogP contribution in [-0.4, -0.2) is 21.0 Å². The summed E-state index contributed by atoms with van der Waals surface area (Å²) in [4.78, 5) is 0. The lowest BCUT2D eigenvalue weighted by atomic mass is 10.4. The predicted molar refractivity (Wildman–Crippen MR) is 41.4 cm³/mol. The first-order valence-electron chi connectivity index (χ1n) is 2.31. The van der Waals surface area contributed by atoms with Gasteiger partial charge < -0.3 is 0 Å². The molecular weight excluding hydrogens is 206 g/mol. The summed E-state index contributed by atoms with van der Waals surface area (Å²) in [5.74, 6) is 0. The maximum absolute atomic E-state index is 5.26. The van der Waals surface area contributed by atoms with Crippen LogP contribution < -0.4 is 0 Å². The molecule has 0 aromatic heterocycles. The Morgan fingerprint density at radius 2 is 1.11 bits per heavy atom. The van der Waals surface area contributed by atoms with E-state index in [1.54, 1.807) is 0 Å². The van der Waals surface area contributed by atoms with Gasteiger partial charge in [0, 0.05) is 13.1 Å². The lowest BCUT2D eigenvalue weighted by Gasteiger charge is -2.04. The Bertz CT molecular complexity index is 58.8. The lowest BCUT2D eigenvalue weighted by Crippen LogP contribution is -2.07. The fourth-order valence-corrected chi connectivity index (χ4v) is 0.788. The van der Waals surface area contributed by atoms with Crippen LogP contribution >= 0.6 is 47.1 Å². The van der Waals surface area contributed by atoms with E-state index in [0.717, 1.165) is 14.3 Å². The van der Waals surface area contributed by atoms with Crippen LogP contribution in [-0.2, 0) is 0 Å². The SMILES string of the molecule is ClN(Cl)CCCN(Cl)Cl. The largest absolute Gasteiger partial charge is 0.132 e. The summed E-state index contributed by atoms with van der Waals surface area (Å²) in [7, 11) is 0. The van der Waals surface area contributed by atoms with Gasteiger partial charge in [-0.15, -0.1) is 7.88 Å². The lowest BCUT2D eigenvalue weighted by molar-refractivity contribution is 0.580. The zero-order chi connectivity index (χ0) is 7.28. The highest BCUT2D eigenvalue weighted by atomic mass is 35.5. The number of rotatable bonds is 4. The Morgan fingerprint density at radius 1 is 0.778 bits per heavy atom. The molecule has 0 N–H and O–H groups in total. The third-order valence-electron chi connectivity index (χ3n) is 0.654. The molecule has 0 radical (unpaired) electrons. The third-order valence-corrected chi connectivity index (χ3v) is 1.33. The summed E-state index contributed by atoms with van der Waals surface area (Å²) in [6.07, 6.45) is 0.736. The van der Waals surface area contributed by atoms with Crippen molar-refractivity contribution in [2.24, 2.45) is 0 Å². The van der Waals surface area contributed by atoms with E-state index in [2.05, 4.69) is 0 Å². The molecule has 2 nitrogen and oxygen atoms in total. The van der Waals surface area contributed by atoms with Gasteiger partial charge in [0.15, 0.2) is 0 Å². The molecule has 0 bridgehead atoms. The summed E-state index contributed by atoms with van der Waals surface area (Å²) in [5.41, 5.74) is 0. The van der Waals surface area contributed by atoms with Crippen molar-refractivity contribution in [3.05, 3.63) is 0 Å². The zero-order valence-electron chi connectivity index (χ0n) is 4.53. The highest BCUT2D eigenvalue weighted by molar-refractivity contribution is 6.34. The van der Waals surface area contributed by atoms with Gasteiger partial charge in [0.1, 0.15) is 0 Å². The molecular formula is C3H6Cl4N2. The molecule has 56 valence electrons. The van der Waals surface area contributed by atoms with Gasteiger partial charge in [-0.1, -0.05) is 0 Å². The number of hydrogen-bond acceptors (Lipinski definition) is 2. The molecule has 0 amide bonds. The fraction of sp³-hybridized carbons (Fsp3) is 1.00. The minimum atomic E-state index is 0.555. The molecule has 0 aromatic rings. The van der Waals surface area contributed by atoms with E-state index < -0.39 is 0 Å². The monoisotopic (exact) mass is 210 g/mol. The molecule has 0 aliphatic carbocycles. The second kappa shape index (κ2) is 5.83. The smallest absolute Gasteiger partial charge is 0.0317 e. The van der Waals surface area contributed by atoms with Gasteiger partial charge >= 0.3 is 0 Å². The van der Waals surface area contributed by atoms with Crippen LogP contribution in [0.3, 0.4) is 0 Å². The van der Waals surface area contributed by atoms with Gasteiger partial charge in [0.05, 0.1) is 0 Å². The Labute approximate surface area is 74.6 Å². The van der Waals surface area contributed by atoms with Crippen molar-refractivity contribution in [3.8, 4) is 0 Å². The van der Waals surface area contributed by atoms with Gasteiger partial charge in [-0.3, -0.25) is 0 Å². The van der Waals surface area contributed by atoms with Crippen molar-refractivity contribution < 1.29 is 0 Å². The van der Waals surface area contributed by atoms with Gasteiger partial charge in [0.25, 0.3) is 0 Å². The predicted octanol–water partition coefficient (Wildman–Crippen LogP) is 2.60. The summed E-state index contributed by atoms with van der Waals surface area (Å²) in [6.45, 7) is 1.11. The molecule has 0 aliphatic heterocycles. The van der Waals surface area contributed by atoms with Crippen molar-refractivity contribution in [2.75, 3.05) is 13.1 Å². The van der Waals surface area contributed by atoms with Crippen LogP contribution in [0.15, 0.2) is 0 Å². The highest BCUT2D eigenvalue weighted by Gasteiger charge is 1.97. The molecule has 0 saturated carbocycles. The third kappa shape index (κ3) is 9.08. The minimum Gasteiger partial charge on any atom is -0.132 e. The summed E-state index contributed by atoms with van der Waals surface area (Å²) >= 11 is 21.0. The van der Waals surface area contributed by atoms with Gasteiger partial charge in [-0.05, 0) is 53.5 Å². The molecule has 0 heterocycles. The van der Waals surface area contributed by atoms with Gasteiger partial charge in [0.2, 0.25) is 0 Å². The van der Waals surface area contributed by atoms with E-state index in [-0.39, 0.29) is 0 Å². The average Bonchev–Trinajstić information content (AvgIpc) is 1.63. The summed E-state index contributed by atoms with van der Waals surface area (Å²) in [5, 5.41) is 0. The normalized spacial score (nSPS) is 11.3. The molecule has 0 aromatic carbocycles. The Hall–Kier alpha value is 1.08. The molecule has 0 unspecified atom stereocenters. The van der Waals surface area contributed by atoms with Crippen LogP contribution in [0, 0.1) is 0 Å². The molecule has 0 rings (SSSR count). The topological polar surface area (TPSA) is 6.48 Å². The summed E-state index contributed by atoms with van der Waals surface area (Å²) in [6, 6.07) is 0. The average molecular weight is 212 g/mol. The van der Waals surface area contributed by atoms with Crippen molar-refractivity contribution >= 4 is 47.1 Å². The highest BCUT2D eigenvalue weighted by Crippen LogP contribution is 2.03. The zero-order valence-corrected chi connectivity index (χ0v) is 7.55. The molecule has 6 heteroatoms. The van der Waals surface area contributed by atoms with Gasteiger partial charge in [-0.25, -0.2) is 0 Å². The first-order chi connectivity index (χ1) is 4.13. The number of halogens is 4. The molecule has 0 spiro atoms. The first-order valence-corrected chi connectivity index (χ1v) is 3.66. The van der Waals surface area contributed by atoms with Crippen molar-refractivity contribution in [1.29, 1.82) is 0 Å². The number of hydrogen-bond donors (Lipinski definition) is 0. The first kappa shape index (κ1) is 10.1. The number of nitrogens with zero attached hydrogens (tertiary/aromatic N) is 2. The molecule has 0 aliphatic rings. The standard InChI is InChI=1S/C3H6Cl4N2/c4-8(5)2-1-3-9(6)7/h1-3H2. The quantitative estimate of drug-likeness (QED) is 0.660. The Balaban J connectivity index is 2.91. The minimum absolute atomic E-state index is 0.555. The molecule has 9 heavy (non-hydrogen) atoms. The maximum Gasteiger partial charge on any atom is 0.0317 e. The van der Waals surface area contributed by atoms with Crippen LogP contribution in [0.1, 0.15) is 6.42 Å². The van der Waals surface area contributed by atoms with Crippen molar-refractivity contribution in [1.82, 2.24) is 7.88 Å². The summed E-state index contributed by atoms with van der Waals surface area (Å²) < 4.78 is 2.08. The second-order valence-electron chi connectivity index (χ2n) is 1.41. The maximum atomic E-state index is 5.26.